The monoisotopic (exact) mass is 280 g/mol. The molecule has 1 aliphatic rings. The van der Waals surface area contributed by atoms with Crippen molar-refractivity contribution in [3.8, 4) is 0 Å². The molecule has 0 atom stereocenters. The van der Waals surface area contributed by atoms with Crippen molar-refractivity contribution in [2.75, 3.05) is 33.2 Å². The number of carbonyl (C=O) groups is 1. The highest BCUT2D eigenvalue weighted by Gasteiger charge is 2.21. The Morgan fingerprint density at radius 3 is 2.50 bits per heavy atom. The Bertz CT molecular complexity index is 399. The van der Waals surface area contributed by atoms with E-state index in [1.54, 1.807) is 4.90 Å². The van der Waals surface area contributed by atoms with E-state index in [9.17, 15) is 4.79 Å². The molecule has 0 aliphatic carbocycles. The maximum absolute atomic E-state index is 11.7. The first-order valence-corrected chi connectivity index (χ1v) is 7.29. The van der Waals surface area contributed by atoms with Gasteiger partial charge >= 0.3 is 0 Å². The van der Waals surface area contributed by atoms with Gasteiger partial charge in [-0.15, -0.1) is 0 Å². The minimum atomic E-state index is 0.158. The average molecular weight is 280 g/mol. The number of amides is 1. The predicted molar refractivity (Wildman–Crippen MR) is 83.8 cm³/mol. The molecule has 0 aromatic carbocycles. The molecule has 5 nitrogen and oxygen atoms in total. The van der Waals surface area contributed by atoms with Gasteiger partial charge in [-0.3, -0.25) is 14.7 Å². The third kappa shape index (κ3) is 4.96. The zero-order valence-corrected chi connectivity index (χ0v) is 13.4. The zero-order chi connectivity index (χ0) is 15.3. The van der Waals surface area contributed by atoms with Crippen molar-refractivity contribution in [1.29, 1.82) is 0 Å². The smallest absolute Gasteiger partial charge is 0.236 e. The Hall–Kier alpha value is -1.36. The summed E-state index contributed by atoms with van der Waals surface area (Å²) in [5.41, 5.74) is 8.13. The molecule has 1 saturated heterocycles. The summed E-state index contributed by atoms with van der Waals surface area (Å²) in [7, 11) is 1.84. The second-order valence-electron chi connectivity index (χ2n) is 6.03. The van der Waals surface area contributed by atoms with Crippen LogP contribution in [0.4, 0.5) is 0 Å². The summed E-state index contributed by atoms with van der Waals surface area (Å²) in [6.45, 7) is 11.0. The van der Waals surface area contributed by atoms with Crippen LogP contribution in [-0.2, 0) is 4.79 Å². The molecular weight excluding hydrogens is 252 g/mol. The fourth-order valence-corrected chi connectivity index (χ4v) is 2.11. The van der Waals surface area contributed by atoms with Crippen molar-refractivity contribution in [3.63, 3.8) is 0 Å². The Kier molecular flexibility index (Phi) is 6.20. The largest absolute Gasteiger partial charge is 0.401 e. The van der Waals surface area contributed by atoms with Crippen molar-refractivity contribution in [2.24, 2.45) is 16.6 Å². The fourth-order valence-electron chi connectivity index (χ4n) is 2.11. The maximum atomic E-state index is 11.7. The van der Waals surface area contributed by atoms with Crippen molar-refractivity contribution in [2.45, 2.75) is 33.7 Å². The summed E-state index contributed by atoms with van der Waals surface area (Å²) in [6.07, 6.45) is 1.89. The van der Waals surface area contributed by atoms with Gasteiger partial charge in [0.15, 0.2) is 0 Å². The Labute approximate surface area is 122 Å². The summed E-state index contributed by atoms with van der Waals surface area (Å²) in [5.74, 6) is 0.492. The van der Waals surface area contributed by atoms with E-state index in [1.165, 1.54) is 0 Å². The van der Waals surface area contributed by atoms with Crippen LogP contribution in [0.15, 0.2) is 16.3 Å². The minimum absolute atomic E-state index is 0.158. The van der Waals surface area contributed by atoms with Gasteiger partial charge in [-0.05, 0) is 25.3 Å². The van der Waals surface area contributed by atoms with E-state index in [4.69, 9.17) is 5.73 Å². The van der Waals surface area contributed by atoms with E-state index in [1.807, 2.05) is 27.1 Å². The lowest BCUT2D eigenvalue weighted by Crippen LogP contribution is -2.49. The van der Waals surface area contributed by atoms with Crippen LogP contribution in [0.2, 0.25) is 0 Å². The molecule has 1 amide bonds. The van der Waals surface area contributed by atoms with Gasteiger partial charge in [-0.25, -0.2) is 0 Å². The first-order chi connectivity index (χ1) is 9.31. The lowest BCUT2D eigenvalue weighted by Gasteiger charge is -2.32. The van der Waals surface area contributed by atoms with Crippen LogP contribution in [0.3, 0.4) is 0 Å². The van der Waals surface area contributed by atoms with E-state index in [-0.39, 0.29) is 11.9 Å². The van der Waals surface area contributed by atoms with Crippen molar-refractivity contribution in [1.82, 2.24) is 9.80 Å². The van der Waals surface area contributed by atoms with Crippen LogP contribution in [0, 0.1) is 5.92 Å². The van der Waals surface area contributed by atoms with Crippen LogP contribution >= 0.6 is 0 Å². The normalized spacial score (nSPS) is 19.4. The predicted octanol–water partition coefficient (Wildman–Crippen LogP) is 1.11. The number of aliphatic imine (C=N–C) groups is 1. The van der Waals surface area contributed by atoms with Gasteiger partial charge in [0.25, 0.3) is 0 Å². The molecule has 1 aliphatic heterocycles. The van der Waals surface area contributed by atoms with Crippen molar-refractivity contribution < 1.29 is 4.79 Å². The minimum Gasteiger partial charge on any atom is -0.401 e. The van der Waals surface area contributed by atoms with Crippen molar-refractivity contribution >= 4 is 12.1 Å². The number of carbonyl (C=O) groups excluding carboxylic acids is 1. The van der Waals surface area contributed by atoms with Crippen LogP contribution in [0.25, 0.3) is 0 Å². The van der Waals surface area contributed by atoms with Crippen molar-refractivity contribution in [3.05, 3.63) is 11.3 Å². The van der Waals surface area contributed by atoms with Gasteiger partial charge in [-0.2, -0.15) is 0 Å². The maximum Gasteiger partial charge on any atom is 0.236 e. The van der Waals surface area contributed by atoms with Crippen LogP contribution in [-0.4, -0.2) is 61.2 Å². The number of hydrogen-bond acceptors (Lipinski definition) is 4. The SMILES string of the molecule is CC(C)N=CC(=C(N)CN1CCN(C)C(=O)C1)C(C)C. The lowest BCUT2D eigenvalue weighted by molar-refractivity contribution is -0.134. The molecule has 0 saturated carbocycles. The summed E-state index contributed by atoms with van der Waals surface area (Å²) in [4.78, 5) is 20.0. The summed E-state index contributed by atoms with van der Waals surface area (Å²) >= 11 is 0. The first-order valence-electron chi connectivity index (χ1n) is 7.29. The molecule has 1 heterocycles. The number of allylic oxidation sites excluding steroid dienone is 1. The highest BCUT2D eigenvalue weighted by atomic mass is 16.2. The summed E-state index contributed by atoms with van der Waals surface area (Å²) in [6, 6.07) is 0.266. The van der Waals surface area contributed by atoms with Crippen LogP contribution in [0.5, 0.6) is 0 Å². The highest BCUT2D eigenvalue weighted by Crippen LogP contribution is 2.12. The van der Waals surface area contributed by atoms with Gasteiger partial charge in [-0.1, -0.05) is 13.8 Å². The highest BCUT2D eigenvalue weighted by molar-refractivity contribution is 5.80. The van der Waals surface area contributed by atoms with Gasteiger partial charge in [0, 0.05) is 44.6 Å². The van der Waals surface area contributed by atoms with E-state index in [2.05, 4.69) is 23.7 Å². The zero-order valence-electron chi connectivity index (χ0n) is 13.4. The van der Waals surface area contributed by atoms with E-state index < -0.39 is 0 Å². The summed E-state index contributed by atoms with van der Waals surface area (Å²) in [5, 5.41) is 0. The molecule has 0 aromatic heterocycles. The Morgan fingerprint density at radius 2 is 2.00 bits per heavy atom. The molecule has 0 aromatic rings. The third-order valence-corrected chi connectivity index (χ3v) is 3.43. The average Bonchev–Trinajstić information content (AvgIpc) is 2.33. The topological polar surface area (TPSA) is 61.9 Å². The number of nitrogens with zero attached hydrogens (tertiary/aromatic N) is 3. The van der Waals surface area contributed by atoms with Gasteiger partial charge in [0.1, 0.15) is 0 Å². The molecule has 0 spiro atoms. The van der Waals surface area contributed by atoms with E-state index in [0.29, 0.717) is 19.0 Å². The van der Waals surface area contributed by atoms with E-state index >= 15 is 0 Å². The molecular formula is C15H28N4O. The molecule has 5 heteroatoms. The number of nitrogens with two attached hydrogens (primary N) is 1. The van der Waals surface area contributed by atoms with Gasteiger partial charge in [0.2, 0.25) is 5.91 Å². The Morgan fingerprint density at radius 1 is 1.35 bits per heavy atom. The van der Waals surface area contributed by atoms with E-state index in [0.717, 1.165) is 24.4 Å². The van der Waals surface area contributed by atoms with Crippen LogP contribution < -0.4 is 5.73 Å². The number of rotatable bonds is 5. The standard InChI is InChI=1S/C15H28N4O/c1-11(2)13(8-17-12(3)4)14(16)9-19-7-6-18(5)15(20)10-19/h8,11-12H,6-7,9-10,16H2,1-5H3. The first kappa shape index (κ1) is 16.7. The molecule has 1 fully saturated rings. The van der Waals surface area contributed by atoms with Gasteiger partial charge in [0.05, 0.1) is 6.54 Å². The molecule has 20 heavy (non-hydrogen) atoms. The lowest BCUT2D eigenvalue weighted by atomic mass is 10.0. The second kappa shape index (κ2) is 7.43. The molecule has 1 rings (SSSR count). The molecule has 0 radical (unpaired) electrons. The molecule has 2 N–H and O–H groups in total. The number of hydrogen-bond donors (Lipinski definition) is 1. The third-order valence-electron chi connectivity index (χ3n) is 3.43. The van der Waals surface area contributed by atoms with Gasteiger partial charge < -0.3 is 10.6 Å². The molecule has 114 valence electrons. The second-order valence-corrected chi connectivity index (χ2v) is 6.03. The molecule has 0 unspecified atom stereocenters. The fraction of sp³-hybridized carbons (Fsp3) is 0.733. The Balaban J connectivity index is 2.76. The quantitative estimate of drug-likeness (QED) is 0.767. The summed E-state index contributed by atoms with van der Waals surface area (Å²) < 4.78 is 0. The number of piperazine rings is 1. The molecule has 0 bridgehead atoms. The van der Waals surface area contributed by atoms with Crippen LogP contribution in [0.1, 0.15) is 27.7 Å². The number of likely N-dealkylation sites (N-methyl/N-ethyl adjacent to an activating group) is 1.